The quantitative estimate of drug-likeness (QED) is 0.801. The van der Waals surface area contributed by atoms with Gasteiger partial charge in [0.1, 0.15) is 0 Å². The number of guanidine groups is 1. The summed E-state index contributed by atoms with van der Waals surface area (Å²) in [5.74, 6) is 1.56. The number of carbonyl (C=O) groups excluding carboxylic acids is 2. The first-order valence-corrected chi connectivity index (χ1v) is 9.43. The molecule has 3 aliphatic heterocycles. The molecule has 3 amide bonds. The average molecular weight is 387 g/mol. The van der Waals surface area contributed by atoms with Crippen LogP contribution in [0.2, 0.25) is 0 Å². The van der Waals surface area contributed by atoms with Crippen LogP contribution < -0.4 is 20.5 Å². The maximum Gasteiger partial charge on any atom is 0.321 e. The Morgan fingerprint density at radius 1 is 1.36 bits per heavy atom. The number of anilines is 1. The molecule has 2 atom stereocenters. The number of hydrogen-bond acceptors (Lipinski definition) is 6. The molecule has 1 aromatic carbocycles. The van der Waals surface area contributed by atoms with E-state index < -0.39 is 5.54 Å². The van der Waals surface area contributed by atoms with Crippen LogP contribution in [0.1, 0.15) is 26.2 Å². The van der Waals surface area contributed by atoms with E-state index in [-0.39, 0.29) is 30.6 Å². The molecule has 9 nitrogen and oxygen atoms in total. The Balaban J connectivity index is 1.45. The smallest absolute Gasteiger partial charge is 0.321 e. The van der Waals surface area contributed by atoms with Crippen LogP contribution in [-0.4, -0.2) is 60.2 Å². The predicted molar refractivity (Wildman–Crippen MR) is 103 cm³/mol. The molecule has 0 saturated carbocycles. The number of urea groups is 1. The van der Waals surface area contributed by atoms with Gasteiger partial charge in [-0.1, -0.05) is 0 Å². The summed E-state index contributed by atoms with van der Waals surface area (Å²) in [4.78, 5) is 32.8. The van der Waals surface area contributed by atoms with Crippen molar-refractivity contribution in [3.05, 3.63) is 18.2 Å². The number of nitrogens with one attached hydrogen (secondary N) is 1. The van der Waals surface area contributed by atoms with Gasteiger partial charge < -0.3 is 25.4 Å². The number of carbonyl (C=O) groups is 2. The van der Waals surface area contributed by atoms with E-state index in [1.165, 1.54) is 4.90 Å². The summed E-state index contributed by atoms with van der Waals surface area (Å²) in [6, 6.07) is 5.14. The molecule has 28 heavy (non-hydrogen) atoms. The van der Waals surface area contributed by atoms with Crippen molar-refractivity contribution in [1.82, 2.24) is 9.80 Å². The number of nitrogens with two attached hydrogens (primary N) is 1. The fourth-order valence-electron chi connectivity index (χ4n) is 4.01. The van der Waals surface area contributed by atoms with Crippen molar-refractivity contribution in [2.75, 3.05) is 32.2 Å². The zero-order valence-corrected chi connectivity index (χ0v) is 16.1. The van der Waals surface area contributed by atoms with Gasteiger partial charge in [-0.2, -0.15) is 0 Å². The molecule has 0 bridgehead atoms. The van der Waals surface area contributed by atoms with E-state index in [2.05, 4.69) is 10.3 Å². The lowest BCUT2D eigenvalue weighted by Crippen LogP contribution is -2.55. The largest absolute Gasteiger partial charge is 0.454 e. The highest BCUT2D eigenvalue weighted by atomic mass is 16.7. The molecule has 1 aromatic rings. The molecular weight excluding hydrogens is 362 g/mol. The number of hydrogen-bond donors (Lipinski definition) is 2. The van der Waals surface area contributed by atoms with Gasteiger partial charge in [-0.05, 0) is 31.9 Å². The maximum atomic E-state index is 12.8. The number of fused-ring (bicyclic) bond motifs is 1. The molecule has 3 N–H and O–H groups in total. The van der Waals surface area contributed by atoms with Gasteiger partial charge in [0.2, 0.25) is 12.7 Å². The first kappa shape index (κ1) is 18.4. The Hall–Kier alpha value is -2.97. The Labute approximate surface area is 163 Å². The lowest BCUT2D eigenvalue weighted by atomic mass is 9.77. The summed E-state index contributed by atoms with van der Waals surface area (Å²) in [7, 11) is 1.63. The summed E-state index contributed by atoms with van der Waals surface area (Å²) in [5, 5.41) is 2.92. The number of likely N-dealkylation sites (tertiary alicyclic amines) is 1. The van der Waals surface area contributed by atoms with E-state index in [4.69, 9.17) is 15.2 Å². The molecule has 0 aromatic heterocycles. The third-order valence-corrected chi connectivity index (χ3v) is 5.81. The highest BCUT2D eigenvalue weighted by Crippen LogP contribution is 2.36. The monoisotopic (exact) mass is 387 g/mol. The van der Waals surface area contributed by atoms with E-state index in [1.807, 2.05) is 6.92 Å². The first-order chi connectivity index (χ1) is 13.4. The molecule has 1 unspecified atom stereocenters. The van der Waals surface area contributed by atoms with Gasteiger partial charge in [0.15, 0.2) is 17.5 Å². The number of rotatable bonds is 2. The molecule has 9 heteroatoms. The Morgan fingerprint density at radius 2 is 2.14 bits per heavy atom. The third-order valence-electron chi connectivity index (χ3n) is 5.81. The molecule has 1 fully saturated rings. The molecule has 0 radical (unpaired) electrons. The minimum Gasteiger partial charge on any atom is -0.454 e. The summed E-state index contributed by atoms with van der Waals surface area (Å²) in [5.41, 5.74) is 5.99. The summed E-state index contributed by atoms with van der Waals surface area (Å²) < 4.78 is 10.6. The summed E-state index contributed by atoms with van der Waals surface area (Å²) in [6.07, 6.45) is 2.05. The van der Waals surface area contributed by atoms with E-state index in [1.54, 1.807) is 30.1 Å². The van der Waals surface area contributed by atoms with Gasteiger partial charge in [0.25, 0.3) is 0 Å². The number of ether oxygens (including phenoxy) is 2. The molecule has 3 heterocycles. The summed E-state index contributed by atoms with van der Waals surface area (Å²) in [6.45, 7) is 3.34. The van der Waals surface area contributed by atoms with Crippen molar-refractivity contribution in [2.45, 2.75) is 31.7 Å². The average Bonchev–Trinajstić information content (AvgIpc) is 3.14. The second-order valence-corrected chi connectivity index (χ2v) is 7.74. The highest BCUT2D eigenvalue weighted by Gasteiger charge is 2.43. The van der Waals surface area contributed by atoms with Crippen LogP contribution >= 0.6 is 0 Å². The Bertz CT molecular complexity index is 842. The van der Waals surface area contributed by atoms with Gasteiger partial charge >= 0.3 is 6.03 Å². The fourth-order valence-corrected chi connectivity index (χ4v) is 4.01. The van der Waals surface area contributed by atoms with Crippen LogP contribution in [0.15, 0.2) is 23.2 Å². The van der Waals surface area contributed by atoms with Crippen molar-refractivity contribution < 1.29 is 19.1 Å². The molecule has 1 saturated heterocycles. The van der Waals surface area contributed by atoms with Gasteiger partial charge in [0, 0.05) is 37.8 Å². The first-order valence-electron chi connectivity index (χ1n) is 9.43. The van der Waals surface area contributed by atoms with Gasteiger partial charge in [0.05, 0.1) is 12.0 Å². The molecule has 4 rings (SSSR count). The number of nitrogens with zero attached hydrogens (tertiary/aromatic N) is 3. The zero-order chi connectivity index (χ0) is 19.9. The topological polar surface area (TPSA) is 109 Å². The van der Waals surface area contributed by atoms with E-state index in [9.17, 15) is 9.59 Å². The normalized spacial score (nSPS) is 26.9. The van der Waals surface area contributed by atoms with Gasteiger partial charge in [-0.15, -0.1) is 0 Å². The second kappa shape index (κ2) is 6.88. The minimum absolute atomic E-state index is 0.0445. The molecule has 3 aliphatic rings. The number of benzene rings is 1. The van der Waals surface area contributed by atoms with E-state index >= 15 is 0 Å². The van der Waals surface area contributed by atoms with Gasteiger partial charge in [-0.3, -0.25) is 9.69 Å². The lowest BCUT2D eigenvalue weighted by Gasteiger charge is -2.43. The maximum absolute atomic E-state index is 12.8. The molecule has 0 spiro atoms. The van der Waals surface area contributed by atoms with Gasteiger partial charge in [-0.25, -0.2) is 9.79 Å². The van der Waals surface area contributed by atoms with Crippen LogP contribution in [-0.2, 0) is 4.79 Å². The minimum atomic E-state index is -0.592. The molecular formula is C19H25N5O4. The van der Waals surface area contributed by atoms with Crippen LogP contribution in [0.25, 0.3) is 0 Å². The number of aliphatic imine (C=N–C) groups is 1. The van der Waals surface area contributed by atoms with Crippen LogP contribution in [0, 0.1) is 5.92 Å². The third kappa shape index (κ3) is 3.32. The lowest BCUT2D eigenvalue weighted by molar-refractivity contribution is -0.129. The van der Waals surface area contributed by atoms with Crippen molar-refractivity contribution in [3.8, 4) is 11.5 Å². The van der Waals surface area contributed by atoms with Crippen LogP contribution in [0.3, 0.4) is 0 Å². The highest BCUT2D eigenvalue weighted by molar-refractivity contribution is 5.98. The molecule has 150 valence electrons. The predicted octanol–water partition coefficient (Wildman–Crippen LogP) is 1.59. The second-order valence-electron chi connectivity index (χ2n) is 7.74. The Morgan fingerprint density at radius 3 is 2.93 bits per heavy atom. The van der Waals surface area contributed by atoms with Crippen LogP contribution in [0.4, 0.5) is 10.5 Å². The SMILES string of the molecule is CN1C(=O)C[C@@](C)(C2CCCN(C(=O)Nc3ccc4c(c3)OCO4)C2)N=C1N. The Kier molecular flexibility index (Phi) is 4.52. The van der Waals surface area contributed by atoms with Crippen molar-refractivity contribution in [1.29, 1.82) is 0 Å². The molecule has 0 aliphatic carbocycles. The number of amides is 3. The van der Waals surface area contributed by atoms with E-state index in [0.29, 0.717) is 36.7 Å². The standard InChI is InChI=1S/C19H25N5O4/c1-19(9-16(25)23(2)17(20)22-19)12-4-3-7-24(10-12)18(26)21-13-5-6-14-15(8-13)28-11-27-14/h5-6,8,12H,3-4,7,9-11H2,1-2H3,(H2,20,22)(H,21,26)/t12?,19-/m0/s1. The fraction of sp³-hybridized carbons (Fsp3) is 0.526. The van der Waals surface area contributed by atoms with Crippen LogP contribution in [0.5, 0.6) is 11.5 Å². The van der Waals surface area contributed by atoms with Crippen molar-refractivity contribution >= 4 is 23.6 Å². The summed E-state index contributed by atoms with van der Waals surface area (Å²) >= 11 is 0. The van der Waals surface area contributed by atoms with Crippen molar-refractivity contribution in [2.24, 2.45) is 16.6 Å². The van der Waals surface area contributed by atoms with Crippen molar-refractivity contribution in [3.63, 3.8) is 0 Å². The van der Waals surface area contributed by atoms with E-state index in [0.717, 1.165) is 12.8 Å². The zero-order valence-electron chi connectivity index (χ0n) is 16.1. The number of piperidine rings is 1.